The third-order valence-electron chi connectivity index (χ3n) is 5.41. The van der Waals surface area contributed by atoms with Gasteiger partial charge in [-0.25, -0.2) is 0 Å². The van der Waals surface area contributed by atoms with Crippen LogP contribution in [0.15, 0.2) is 70.2 Å². The molecule has 32 heavy (non-hydrogen) atoms. The Balaban J connectivity index is 2.17. The van der Waals surface area contributed by atoms with Gasteiger partial charge >= 0.3 is 0 Å². The molecule has 2 rings (SSSR count). The van der Waals surface area contributed by atoms with Gasteiger partial charge in [0, 0.05) is 18.1 Å². The van der Waals surface area contributed by atoms with Crippen molar-refractivity contribution in [1.82, 2.24) is 26.3 Å². The summed E-state index contributed by atoms with van der Waals surface area (Å²) in [5, 5.41) is 12.9. The van der Waals surface area contributed by atoms with Crippen molar-refractivity contribution in [2.24, 2.45) is 15.9 Å². The van der Waals surface area contributed by atoms with Crippen LogP contribution in [0.3, 0.4) is 0 Å². The van der Waals surface area contributed by atoms with Gasteiger partial charge < -0.3 is 16.0 Å². The summed E-state index contributed by atoms with van der Waals surface area (Å²) in [4.78, 5) is 26.6. The number of allylic oxidation sites excluding steroid dienone is 3. The molecule has 4 N–H and O–H groups in total. The normalized spacial score (nSPS) is 19.1. The van der Waals surface area contributed by atoms with Crippen LogP contribution in [-0.4, -0.2) is 36.8 Å². The van der Waals surface area contributed by atoms with Gasteiger partial charge in [0.05, 0.1) is 23.8 Å². The number of nitrogens with one attached hydrogen (secondary N) is 4. The lowest BCUT2D eigenvalue weighted by Crippen LogP contribution is -2.53. The molecule has 0 bridgehead atoms. The van der Waals surface area contributed by atoms with E-state index in [0.29, 0.717) is 17.3 Å². The molecule has 0 radical (unpaired) electrons. The Bertz CT molecular complexity index is 891. The molecule has 1 aromatic rings. The van der Waals surface area contributed by atoms with E-state index < -0.39 is 5.54 Å². The number of hydrogen-bond donors (Lipinski definition) is 4. The molecule has 0 fully saturated rings. The Morgan fingerprint density at radius 2 is 2.16 bits per heavy atom. The van der Waals surface area contributed by atoms with Crippen molar-refractivity contribution in [1.29, 1.82) is 0 Å². The number of carbonyl (C=O) groups is 1. The van der Waals surface area contributed by atoms with Crippen LogP contribution < -0.4 is 21.3 Å². The Hall–Kier alpha value is -3.26. The fraction of sp³-hybridized carbons (Fsp3) is 0.417. The Morgan fingerprint density at radius 1 is 1.38 bits per heavy atom. The average molecular weight is 438 g/mol. The molecule has 0 aliphatic carbocycles. The van der Waals surface area contributed by atoms with Gasteiger partial charge in [0.15, 0.2) is 6.29 Å². The second-order valence-electron chi connectivity index (χ2n) is 7.43. The molecule has 1 amide bonds. The maximum absolute atomic E-state index is 13.5. The molecule has 0 aromatic carbocycles. The van der Waals surface area contributed by atoms with E-state index in [2.05, 4.69) is 63.4 Å². The van der Waals surface area contributed by atoms with E-state index >= 15 is 0 Å². The highest BCUT2D eigenvalue weighted by Gasteiger charge is 2.44. The van der Waals surface area contributed by atoms with Gasteiger partial charge in [0.25, 0.3) is 5.91 Å². The molecule has 0 spiro atoms. The fourth-order valence-corrected chi connectivity index (χ4v) is 3.49. The van der Waals surface area contributed by atoms with Gasteiger partial charge in [-0.2, -0.15) is 0 Å². The summed E-state index contributed by atoms with van der Waals surface area (Å²) in [6.45, 7) is 15.9. The second kappa shape index (κ2) is 12.0. The first-order valence-electron chi connectivity index (χ1n) is 11.0. The van der Waals surface area contributed by atoms with Gasteiger partial charge in [-0.3, -0.25) is 25.1 Å². The smallest absolute Gasteiger partial charge is 0.261 e. The van der Waals surface area contributed by atoms with E-state index in [1.807, 2.05) is 19.9 Å². The molecule has 172 valence electrons. The largest absolute Gasteiger partial charge is 0.355 e. The third kappa shape index (κ3) is 5.31. The molecule has 1 aliphatic heterocycles. The zero-order valence-electron chi connectivity index (χ0n) is 19.5. The van der Waals surface area contributed by atoms with Gasteiger partial charge in [0.2, 0.25) is 5.54 Å². The molecule has 8 heteroatoms. The molecule has 0 saturated carbocycles. The first kappa shape index (κ1) is 25.0. The van der Waals surface area contributed by atoms with Crippen LogP contribution in [0.4, 0.5) is 0 Å². The Morgan fingerprint density at radius 3 is 2.72 bits per heavy atom. The van der Waals surface area contributed by atoms with E-state index in [1.165, 1.54) is 0 Å². The maximum Gasteiger partial charge on any atom is 0.261 e. The lowest BCUT2D eigenvalue weighted by molar-refractivity contribution is -0.125. The van der Waals surface area contributed by atoms with Crippen LogP contribution in [-0.2, 0) is 10.3 Å². The van der Waals surface area contributed by atoms with Crippen molar-refractivity contribution in [3.05, 3.63) is 65.9 Å². The summed E-state index contributed by atoms with van der Waals surface area (Å²) in [5.41, 5.74) is 1.54. The lowest BCUT2D eigenvalue weighted by atomic mass is 9.89. The van der Waals surface area contributed by atoms with Crippen molar-refractivity contribution in [2.45, 2.75) is 52.4 Å². The topological polar surface area (TPSA) is 103 Å². The van der Waals surface area contributed by atoms with Crippen LogP contribution in [0.2, 0.25) is 0 Å². The highest BCUT2D eigenvalue weighted by Crippen LogP contribution is 2.33. The Labute approximate surface area is 191 Å². The predicted molar refractivity (Wildman–Crippen MR) is 131 cm³/mol. The van der Waals surface area contributed by atoms with Crippen LogP contribution >= 0.6 is 0 Å². The molecule has 2 heterocycles. The SMILES string of the molecule is C=CC1=C([C@@H](C)CC)N[C@@H](NCNC(=O)C(N=C)(/C(=C/C)N=CCC)c2ccccn2)N1. The number of aliphatic imine (C=N–C) groups is 2. The molecule has 1 unspecified atom stereocenters. The second-order valence-corrected chi connectivity index (χ2v) is 7.43. The standard InChI is InChI=1S/C24H35N7O/c1-7-14-26-19(10-4)24(25-6,20-13-11-12-15-27-20)22(32)28-16-29-23-30-18(9-3)21(31-23)17(5)8-2/h9-15,17,23,29-31H,3,6-8,16H2,1-2,4-5H3,(H,28,32)/b19-10-,26-14?/t17-,23-,24?/m0/s1. The summed E-state index contributed by atoms with van der Waals surface area (Å²) >= 11 is 0. The van der Waals surface area contributed by atoms with Crippen LogP contribution in [0.25, 0.3) is 0 Å². The zero-order chi connectivity index (χ0) is 23.6. The van der Waals surface area contributed by atoms with Gasteiger partial charge in [-0.15, -0.1) is 0 Å². The van der Waals surface area contributed by atoms with E-state index in [4.69, 9.17) is 0 Å². The highest BCUT2D eigenvalue weighted by atomic mass is 16.2. The first-order valence-corrected chi connectivity index (χ1v) is 11.0. The molecule has 3 atom stereocenters. The van der Waals surface area contributed by atoms with Gasteiger partial charge in [-0.1, -0.05) is 39.5 Å². The molecule has 1 aliphatic rings. The maximum atomic E-state index is 13.5. The third-order valence-corrected chi connectivity index (χ3v) is 5.41. The summed E-state index contributed by atoms with van der Waals surface area (Å²) in [5.74, 6) is 0.00411. The van der Waals surface area contributed by atoms with Crippen LogP contribution in [0.5, 0.6) is 0 Å². The molecular weight excluding hydrogens is 402 g/mol. The minimum absolute atomic E-state index is 0.195. The summed E-state index contributed by atoms with van der Waals surface area (Å²) in [6, 6.07) is 5.36. The van der Waals surface area contributed by atoms with Crippen LogP contribution in [0, 0.1) is 5.92 Å². The highest BCUT2D eigenvalue weighted by molar-refractivity contribution is 5.92. The van der Waals surface area contributed by atoms with Crippen molar-refractivity contribution in [2.75, 3.05) is 6.67 Å². The molecular formula is C24H35N7O. The predicted octanol–water partition coefficient (Wildman–Crippen LogP) is 2.95. The lowest BCUT2D eigenvalue weighted by Gasteiger charge is -2.28. The van der Waals surface area contributed by atoms with Crippen molar-refractivity contribution in [3.63, 3.8) is 0 Å². The number of pyridine rings is 1. The first-order chi connectivity index (χ1) is 15.5. The number of carbonyl (C=O) groups excluding carboxylic acids is 1. The van der Waals surface area contributed by atoms with Crippen LogP contribution in [0.1, 0.15) is 46.2 Å². The molecule has 0 saturated heterocycles. The zero-order valence-corrected chi connectivity index (χ0v) is 19.5. The number of rotatable bonds is 12. The monoisotopic (exact) mass is 437 g/mol. The van der Waals surface area contributed by atoms with Crippen molar-refractivity contribution >= 4 is 18.8 Å². The molecule has 1 aromatic heterocycles. The van der Waals surface area contributed by atoms with Gasteiger partial charge in [-0.05, 0) is 50.6 Å². The van der Waals surface area contributed by atoms with E-state index in [9.17, 15) is 4.79 Å². The fourth-order valence-electron chi connectivity index (χ4n) is 3.49. The number of aromatic nitrogens is 1. The average Bonchev–Trinajstić information content (AvgIpc) is 3.25. The summed E-state index contributed by atoms with van der Waals surface area (Å²) in [6.07, 6.45) is 8.44. The van der Waals surface area contributed by atoms with Crippen molar-refractivity contribution < 1.29 is 4.79 Å². The van der Waals surface area contributed by atoms with E-state index in [-0.39, 0.29) is 18.9 Å². The molecule has 8 nitrogen and oxygen atoms in total. The van der Waals surface area contributed by atoms with E-state index in [0.717, 1.165) is 24.2 Å². The quantitative estimate of drug-likeness (QED) is 0.297. The number of nitrogens with zero attached hydrogens (tertiary/aromatic N) is 3. The van der Waals surface area contributed by atoms with E-state index in [1.54, 1.807) is 36.7 Å². The summed E-state index contributed by atoms with van der Waals surface area (Å²) in [7, 11) is 0. The summed E-state index contributed by atoms with van der Waals surface area (Å²) < 4.78 is 0. The Kier molecular flexibility index (Phi) is 9.34. The minimum Gasteiger partial charge on any atom is -0.355 e. The minimum atomic E-state index is -1.45. The van der Waals surface area contributed by atoms with Crippen molar-refractivity contribution in [3.8, 4) is 0 Å². The number of hydrogen-bond acceptors (Lipinski definition) is 7. The number of amides is 1. The van der Waals surface area contributed by atoms with Gasteiger partial charge in [0.1, 0.15) is 0 Å².